The first-order valence-electron chi connectivity index (χ1n) is 5.67. The van der Waals surface area contributed by atoms with Gasteiger partial charge in [-0.2, -0.15) is 0 Å². The van der Waals surface area contributed by atoms with E-state index in [1.165, 1.54) is 0 Å². The Morgan fingerprint density at radius 1 is 1.11 bits per heavy atom. The van der Waals surface area contributed by atoms with Gasteiger partial charge in [0.15, 0.2) is 5.11 Å². The van der Waals surface area contributed by atoms with Gasteiger partial charge in [-0.05, 0) is 54.2 Å². The van der Waals surface area contributed by atoms with Crippen molar-refractivity contribution in [3.05, 3.63) is 59.1 Å². The zero-order chi connectivity index (χ0) is 13.7. The minimum Gasteiger partial charge on any atom is -0.489 e. The molecule has 19 heavy (non-hydrogen) atoms. The number of nitrogens with one attached hydrogen (secondary N) is 1. The third-order valence-electron chi connectivity index (χ3n) is 2.44. The second-order valence-electron chi connectivity index (χ2n) is 3.93. The number of anilines is 1. The highest BCUT2D eigenvalue weighted by Crippen LogP contribution is 2.17. The smallest absolute Gasteiger partial charge is 0.168 e. The standard InChI is InChI=1S/C14H13ClN2OS/c15-11-3-1-10(2-4-11)9-18-13-7-5-12(6-8-13)17-14(16)19/h1-8H,9H2,(H3,16,17,19). The van der Waals surface area contributed by atoms with Crippen LogP contribution in [0.3, 0.4) is 0 Å². The maximum Gasteiger partial charge on any atom is 0.168 e. The van der Waals surface area contributed by atoms with Crippen LogP contribution >= 0.6 is 23.8 Å². The summed E-state index contributed by atoms with van der Waals surface area (Å²) in [6.45, 7) is 0.499. The second kappa shape index (κ2) is 6.41. The lowest BCUT2D eigenvalue weighted by molar-refractivity contribution is 0.306. The van der Waals surface area contributed by atoms with Gasteiger partial charge in [-0.3, -0.25) is 0 Å². The van der Waals surface area contributed by atoms with Crippen LogP contribution in [-0.2, 0) is 6.61 Å². The number of nitrogens with two attached hydrogens (primary N) is 1. The average Bonchev–Trinajstić information content (AvgIpc) is 2.39. The molecular formula is C14H13ClN2OS. The molecular weight excluding hydrogens is 280 g/mol. The van der Waals surface area contributed by atoms with Crippen LogP contribution in [0.25, 0.3) is 0 Å². The van der Waals surface area contributed by atoms with Crippen molar-refractivity contribution in [1.82, 2.24) is 0 Å². The lowest BCUT2D eigenvalue weighted by atomic mass is 10.2. The van der Waals surface area contributed by atoms with E-state index in [-0.39, 0.29) is 5.11 Å². The van der Waals surface area contributed by atoms with Crippen LogP contribution in [0.5, 0.6) is 5.75 Å². The van der Waals surface area contributed by atoms with Gasteiger partial charge in [-0.15, -0.1) is 0 Å². The summed E-state index contributed by atoms with van der Waals surface area (Å²) in [5.74, 6) is 0.781. The maximum atomic E-state index is 5.82. The van der Waals surface area contributed by atoms with Crippen molar-refractivity contribution in [3.8, 4) is 5.75 Å². The molecule has 2 aromatic carbocycles. The second-order valence-corrected chi connectivity index (χ2v) is 4.81. The number of benzene rings is 2. The van der Waals surface area contributed by atoms with Gasteiger partial charge in [-0.1, -0.05) is 23.7 Å². The SMILES string of the molecule is NC(=S)Nc1ccc(OCc2ccc(Cl)cc2)cc1. The van der Waals surface area contributed by atoms with Gasteiger partial charge in [-0.25, -0.2) is 0 Å². The van der Waals surface area contributed by atoms with Crippen LogP contribution < -0.4 is 15.8 Å². The molecule has 98 valence electrons. The van der Waals surface area contributed by atoms with Crippen LogP contribution in [0.4, 0.5) is 5.69 Å². The van der Waals surface area contributed by atoms with E-state index in [4.69, 9.17) is 34.3 Å². The van der Waals surface area contributed by atoms with Gasteiger partial charge in [0, 0.05) is 10.7 Å². The molecule has 0 aromatic heterocycles. The molecule has 0 saturated carbocycles. The minimum atomic E-state index is 0.245. The van der Waals surface area contributed by atoms with E-state index in [2.05, 4.69) is 5.32 Å². The van der Waals surface area contributed by atoms with E-state index in [1.54, 1.807) is 0 Å². The minimum absolute atomic E-state index is 0.245. The van der Waals surface area contributed by atoms with Gasteiger partial charge < -0.3 is 15.8 Å². The molecule has 0 aliphatic heterocycles. The summed E-state index contributed by atoms with van der Waals surface area (Å²) in [7, 11) is 0. The Morgan fingerprint density at radius 2 is 1.74 bits per heavy atom. The van der Waals surface area contributed by atoms with Crippen LogP contribution in [-0.4, -0.2) is 5.11 Å². The Morgan fingerprint density at radius 3 is 2.32 bits per heavy atom. The van der Waals surface area contributed by atoms with E-state index < -0.39 is 0 Å². The van der Waals surface area contributed by atoms with E-state index >= 15 is 0 Å². The summed E-state index contributed by atoms with van der Waals surface area (Å²) >= 11 is 10.6. The van der Waals surface area contributed by atoms with Crippen molar-refractivity contribution >= 4 is 34.6 Å². The van der Waals surface area contributed by atoms with Crippen molar-refractivity contribution in [3.63, 3.8) is 0 Å². The predicted molar refractivity (Wildman–Crippen MR) is 82.6 cm³/mol. The largest absolute Gasteiger partial charge is 0.489 e. The first-order chi connectivity index (χ1) is 9.13. The zero-order valence-corrected chi connectivity index (χ0v) is 11.7. The molecule has 0 heterocycles. The fourth-order valence-corrected chi connectivity index (χ4v) is 1.77. The molecule has 0 spiro atoms. The summed E-state index contributed by atoms with van der Waals surface area (Å²) in [6, 6.07) is 15.0. The number of rotatable bonds is 4. The van der Waals surface area contributed by atoms with E-state index in [9.17, 15) is 0 Å². The van der Waals surface area contributed by atoms with Gasteiger partial charge >= 0.3 is 0 Å². The number of hydrogen-bond acceptors (Lipinski definition) is 2. The van der Waals surface area contributed by atoms with Crippen LogP contribution in [0.2, 0.25) is 5.02 Å². The Hall–Kier alpha value is -1.78. The Balaban J connectivity index is 1.92. The highest BCUT2D eigenvalue weighted by Gasteiger charge is 1.98. The molecule has 5 heteroatoms. The van der Waals surface area contributed by atoms with Crippen molar-refractivity contribution in [2.75, 3.05) is 5.32 Å². The first kappa shape index (κ1) is 13.6. The summed E-state index contributed by atoms with van der Waals surface area (Å²) < 4.78 is 5.66. The van der Waals surface area contributed by atoms with Crippen LogP contribution in [0.15, 0.2) is 48.5 Å². The van der Waals surface area contributed by atoms with Crippen molar-refractivity contribution in [1.29, 1.82) is 0 Å². The monoisotopic (exact) mass is 292 g/mol. The van der Waals surface area contributed by atoms with Crippen LogP contribution in [0, 0.1) is 0 Å². The zero-order valence-electron chi connectivity index (χ0n) is 10.1. The molecule has 0 aliphatic carbocycles. The number of ether oxygens (including phenoxy) is 1. The lowest BCUT2D eigenvalue weighted by Crippen LogP contribution is -2.18. The molecule has 2 aromatic rings. The Bertz CT molecular complexity index is 555. The topological polar surface area (TPSA) is 47.3 Å². The van der Waals surface area contributed by atoms with E-state index in [0.717, 1.165) is 22.0 Å². The number of halogens is 1. The molecule has 0 bridgehead atoms. The molecule has 0 unspecified atom stereocenters. The predicted octanol–water partition coefficient (Wildman–Crippen LogP) is 3.57. The average molecular weight is 293 g/mol. The highest BCUT2D eigenvalue weighted by molar-refractivity contribution is 7.80. The molecule has 0 amide bonds. The Kier molecular flexibility index (Phi) is 4.60. The molecule has 3 nitrogen and oxygen atoms in total. The van der Waals surface area contributed by atoms with Crippen molar-refractivity contribution < 1.29 is 4.74 Å². The molecule has 3 N–H and O–H groups in total. The number of thiocarbonyl (C=S) groups is 1. The molecule has 0 fully saturated rings. The maximum absolute atomic E-state index is 5.82. The molecule has 0 radical (unpaired) electrons. The first-order valence-corrected chi connectivity index (χ1v) is 6.46. The van der Waals surface area contributed by atoms with Gasteiger partial charge in [0.2, 0.25) is 0 Å². The molecule has 0 aliphatic rings. The summed E-state index contributed by atoms with van der Waals surface area (Å²) in [5.41, 5.74) is 7.29. The quantitative estimate of drug-likeness (QED) is 0.846. The molecule has 0 saturated heterocycles. The molecule has 2 rings (SSSR count). The van der Waals surface area contributed by atoms with Gasteiger partial charge in [0.25, 0.3) is 0 Å². The fraction of sp³-hybridized carbons (Fsp3) is 0.0714. The summed E-state index contributed by atoms with van der Waals surface area (Å²) in [4.78, 5) is 0. The van der Waals surface area contributed by atoms with E-state index in [1.807, 2.05) is 48.5 Å². The van der Waals surface area contributed by atoms with E-state index in [0.29, 0.717) is 6.61 Å². The highest BCUT2D eigenvalue weighted by atomic mass is 35.5. The van der Waals surface area contributed by atoms with Crippen molar-refractivity contribution in [2.24, 2.45) is 5.73 Å². The van der Waals surface area contributed by atoms with Crippen LogP contribution in [0.1, 0.15) is 5.56 Å². The van der Waals surface area contributed by atoms with Gasteiger partial charge in [0.1, 0.15) is 12.4 Å². The number of hydrogen-bond donors (Lipinski definition) is 2. The van der Waals surface area contributed by atoms with Crippen molar-refractivity contribution in [2.45, 2.75) is 6.61 Å². The normalized spacial score (nSPS) is 9.95. The van der Waals surface area contributed by atoms with Gasteiger partial charge in [0.05, 0.1) is 0 Å². The third-order valence-corrected chi connectivity index (χ3v) is 2.79. The molecule has 0 atom stereocenters. The lowest BCUT2D eigenvalue weighted by Gasteiger charge is -2.08. The fourth-order valence-electron chi connectivity index (χ4n) is 1.52. The summed E-state index contributed by atoms with van der Waals surface area (Å²) in [5, 5.41) is 3.82. The third kappa shape index (κ3) is 4.43. The Labute approximate surface area is 122 Å². The summed E-state index contributed by atoms with van der Waals surface area (Å²) in [6.07, 6.45) is 0.